The van der Waals surface area contributed by atoms with Gasteiger partial charge in [-0.3, -0.25) is 4.98 Å². The maximum Gasteiger partial charge on any atom is 0.137 e. The molecular formula is C42H34N4. The van der Waals surface area contributed by atoms with Crippen LogP contribution >= 0.6 is 0 Å². The summed E-state index contributed by atoms with van der Waals surface area (Å²) in [5.41, 5.74) is 10.7. The molecule has 0 radical (unpaired) electrons. The Kier molecular flexibility index (Phi) is 6.65. The molecule has 0 unspecified atom stereocenters. The van der Waals surface area contributed by atoms with Gasteiger partial charge in [0.05, 0.1) is 22.5 Å². The third-order valence-corrected chi connectivity index (χ3v) is 9.50. The number of nitrogens with zero attached hydrogens (tertiary/aromatic N) is 3. The minimum Gasteiger partial charge on any atom is -0.345 e. The average molecular weight is 595 g/mol. The standard InChI is InChI=1S/C42H34N4/c1-41(2)35-20-9-10-21-37(35)46(38-28-30(23-24-36(38)41)40-44-26-27-45-40)34-19-13-18-33(29-34)42(31-14-5-3-6-15-31,32-16-7-4-8-17-32)39-22-11-12-25-43-39/h3-29H,1-2H3,(H,44,45). The van der Waals surface area contributed by atoms with Gasteiger partial charge in [0.15, 0.2) is 0 Å². The Morgan fingerprint density at radius 3 is 1.93 bits per heavy atom. The van der Waals surface area contributed by atoms with Gasteiger partial charge in [0.25, 0.3) is 0 Å². The minimum atomic E-state index is -0.646. The predicted octanol–water partition coefficient (Wildman–Crippen LogP) is 9.96. The molecule has 8 rings (SSSR count). The molecule has 0 saturated carbocycles. The molecule has 4 heteroatoms. The molecule has 0 atom stereocenters. The molecule has 1 aliphatic heterocycles. The number of hydrogen-bond donors (Lipinski definition) is 1. The Hall–Kier alpha value is -5.74. The van der Waals surface area contributed by atoms with Gasteiger partial charge >= 0.3 is 0 Å². The minimum absolute atomic E-state index is 0.187. The van der Waals surface area contributed by atoms with Crippen LogP contribution in [-0.4, -0.2) is 15.0 Å². The molecule has 4 nitrogen and oxygen atoms in total. The fourth-order valence-electron chi connectivity index (χ4n) is 7.35. The Balaban J connectivity index is 1.41. The number of H-pyrrole nitrogens is 1. The van der Waals surface area contributed by atoms with E-state index >= 15 is 0 Å². The number of fused-ring (bicyclic) bond motifs is 2. The van der Waals surface area contributed by atoms with Gasteiger partial charge in [-0.25, -0.2) is 4.98 Å². The summed E-state index contributed by atoms with van der Waals surface area (Å²) in [6, 6.07) is 52.3. The third kappa shape index (κ3) is 4.29. The molecule has 2 aromatic heterocycles. The van der Waals surface area contributed by atoms with Crippen LogP contribution in [0.15, 0.2) is 164 Å². The zero-order valence-electron chi connectivity index (χ0n) is 25.9. The van der Waals surface area contributed by atoms with Crippen LogP contribution in [-0.2, 0) is 10.8 Å². The van der Waals surface area contributed by atoms with Crippen molar-refractivity contribution in [1.29, 1.82) is 0 Å². The smallest absolute Gasteiger partial charge is 0.137 e. The number of imidazole rings is 1. The normalized spacial score (nSPS) is 13.6. The van der Waals surface area contributed by atoms with Crippen molar-refractivity contribution in [2.75, 3.05) is 4.90 Å². The molecule has 222 valence electrons. The summed E-state index contributed by atoms with van der Waals surface area (Å²) < 4.78 is 0. The fourth-order valence-corrected chi connectivity index (χ4v) is 7.35. The molecule has 0 bridgehead atoms. The van der Waals surface area contributed by atoms with Crippen molar-refractivity contribution in [2.45, 2.75) is 24.7 Å². The molecule has 0 saturated heterocycles. The van der Waals surface area contributed by atoms with Crippen LogP contribution in [0.4, 0.5) is 17.1 Å². The molecule has 3 heterocycles. The highest BCUT2D eigenvalue weighted by Crippen LogP contribution is 2.53. The number of nitrogens with one attached hydrogen (secondary N) is 1. The first-order valence-electron chi connectivity index (χ1n) is 15.8. The zero-order valence-corrected chi connectivity index (χ0v) is 25.9. The number of anilines is 3. The molecule has 46 heavy (non-hydrogen) atoms. The lowest BCUT2D eigenvalue weighted by molar-refractivity contribution is 0.632. The van der Waals surface area contributed by atoms with E-state index in [-0.39, 0.29) is 5.41 Å². The highest BCUT2D eigenvalue weighted by atomic mass is 15.2. The van der Waals surface area contributed by atoms with Crippen LogP contribution in [0.2, 0.25) is 0 Å². The Bertz CT molecular complexity index is 2020. The van der Waals surface area contributed by atoms with Crippen molar-refractivity contribution < 1.29 is 0 Å². The lowest BCUT2D eigenvalue weighted by Crippen LogP contribution is -2.33. The van der Waals surface area contributed by atoms with Crippen LogP contribution in [0.3, 0.4) is 0 Å². The first-order chi connectivity index (χ1) is 22.6. The van der Waals surface area contributed by atoms with Gasteiger partial charge in [-0.1, -0.05) is 123 Å². The van der Waals surface area contributed by atoms with E-state index in [1.54, 1.807) is 6.20 Å². The van der Waals surface area contributed by atoms with Gasteiger partial charge in [-0.2, -0.15) is 0 Å². The molecule has 0 amide bonds. The van der Waals surface area contributed by atoms with Crippen molar-refractivity contribution in [1.82, 2.24) is 15.0 Å². The average Bonchev–Trinajstić information content (AvgIpc) is 3.66. The molecule has 5 aromatic carbocycles. The second-order valence-electron chi connectivity index (χ2n) is 12.4. The summed E-state index contributed by atoms with van der Waals surface area (Å²) in [5, 5.41) is 0. The van der Waals surface area contributed by atoms with Gasteiger partial charge in [-0.05, 0) is 64.2 Å². The van der Waals surface area contributed by atoms with Crippen molar-refractivity contribution >= 4 is 17.1 Å². The Morgan fingerprint density at radius 1 is 0.565 bits per heavy atom. The first-order valence-corrected chi connectivity index (χ1v) is 15.8. The molecule has 0 aliphatic carbocycles. The number of para-hydroxylation sites is 1. The second kappa shape index (κ2) is 11.0. The zero-order chi connectivity index (χ0) is 31.1. The van der Waals surface area contributed by atoms with E-state index in [4.69, 9.17) is 4.98 Å². The highest BCUT2D eigenvalue weighted by molar-refractivity contribution is 5.88. The number of pyridine rings is 1. The summed E-state index contributed by atoms with van der Waals surface area (Å²) >= 11 is 0. The lowest BCUT2D eigenvalue weighted by atomic mass is 9.67. The van der Waals surface area contributed by atoms with Crippen LogP contribution in [0.25, 0.3) is 11.4 Å². The largest absolute Gasteiger partial charge is 0.345 e. The van der Waals surface area contributed by atoms with E-state index in [9.17, 15) is 0 Å². The molecule has 1 aliphatic rings. The maximum atomic E-state index is 5.03. The van der Waals surface area contributed by atoms with Crippen molar-refractivity contribution in [3.8, 4) is 11.4 Å². The van der Waals surface area contributed by atoms with Gasteiger partial charge in [-0.15, -0.1) is 0 Å². The molecule has 0 spiro atoms. The monoisotopic (exact) mass is 594 g/mol. The van der Waals surface area contributed by atoms with Gasteiger partial charge < -0.3 is 9.88 Å². The predicted molar refractivity (Wildman–Crippen MR) is 187 cm³/mol. The van der Waals surface area contributed by atoms with Crippen LogP contribution in [0.5, 0.6) is 0 Å². The number of benzene rings is 5. The van der Waals surface area contributed by atoms with Crippen LogP contribution in [0, 0.1) is 0 Å². The van der Waals surface area contributed by atoms with Gasteiger partial charge in [0.1, 0.15) is 5.82 Å². The third-order valence-electron chi connectivity index (χ3n) is 9.50. The topological polar surface area (TPSA) is 44.8 Å². The number of hydrogen-bond acceptors (Lipinski definition) is 3. The quantitative estimate of drug-likeness (QED) is 0.195. The summed E-state index contributed by atoms with van der Waals surface area (Å²) in [5.74, 6) is 0.857. The Morgan fingerprint density at radius 2 is 1.24 bits per heavy atom. The summed E-state index contributed by atoms with van der Waals surface area (Å²) in [6.07, 6.45) is 5.58. The van der Waals surface area contributed by atoms with Gasteiger partial charge in [0, 0.05) is 35.3 Å². The molecular weight excluding hydrogens is 560 g/mol. The maximum absolute atomic E-state index is 5.03. The van der Waals surface area contributed by atoms with E-state index < -0.39 is 5.41 Å². The second-order valence-corrected chi connectivity index (χ2v) is 12.4. The van der Waals surface area contributed by atoms with Crippen LogP contribution in [0.1, 0.15) is 47.4 Å². The lowest BCUT2D eigenvalue weighted by Gasteiger charge is -2.43. The van der Waals surface area contributed by atoms with E-state index in [1.165, 1.54) is 16.8 Å². The summed E-state index contributed by atoms with van der Waals surface area (Å²) in [6.45, 7) is 4.64. The van der Waals surface area contributed by atoms with Crippen molar-refractivity contribution in [3.05, 3.63) is 198 Å². The molecule has 1 N–H and O–H groups in total. The summed E-state index contributed by atoms with van der Waals surface area (Å²) in [7, 11) is 0. The summed E-state index contributed by atoms with van der Waals surface area (Å²) in [4.78, 5) is 15.3. The highest BCUT2D eigenvalue weighted by Gasteiger charge is 2.41. The van der Waals surface area contributed by atoms with E-state index in [2.05, 4.69) is 168 Å². The van der Waals surface area contributed by atoms with Crippen LogP contribution < -0.4 is 4.90 Å². The van der Waals surface area contributed by atoms with E-state index in [1.807, 2.05) is 18.5 Å². The number of rotatable bonds is 6. The Labute approximate surface area is 270 Å². The van der Waals surface area contributed by atoms with E-state index in [0.717, 1.165) is 45.1 Å². The molecule has 7 aromatic rings. The molecule has 0 fully saturated rings. The van der Waals surface area contributed by atoms with Gasteiger partial charge in [0.2, 0.25) is 0 Å². The van der Waals surface area contributed by atoms with Crippen molar-refractivity contribution in [2.24, 2.45) is 0 Å². The van der Waals surface area contributed by atoms with Crippen molar-refractivity contribution in [3.63, 3.8) is 0 Å². The SMILES string of the molecule is CC1(C)c2ccccc2N(c2cccc(C(c3ccccc3)(c3ccccc3)c3ccccn3)c2)c2cc(-c3ncc[nH]3)ccc21. The number of aromatic nitrogens is 3. The first kappa shape index (κ1) is 27.8. The van der Waals surface area contributed by atoms with E-state index in [0.29, 0.717) is 0 Å². The number of aromatic amines is 1. The fraction of sp³-hybridized carbons (Fsp3) is 0.0952.